The Hall–Kier alpha value is -3.78. The first-order valence-corrected chi connectivity index (χ1v) is 9.07. The summed E-state index contributed by atoms with van der Waals surface area (Å²) in [6.07, 6.45) is 0. The molecule has 0 aliphatic heterocycles. The van der Waals surface area contributed by atoms with Gasteiger partial charge in [-0.05, 0) is 34.4 Å². The van der Waals surface area contributed by atoms with Crippen LogP contribution in [0.2, 0.25) is 0 Å². The van der Waals surface area contributed by atoms with Crippen molar-refractivity contribution in [2.75, 3.05) is 5.73 Å². The number of nitrogen functional groups attached to an aromatic ring is 1. The molecule has 0 aliphatic rings. The van der Waals surface area contributed by atoms with Crippen molar-refractivity contribution in [3.63, 3.8) is 0 Å². The molecule has 0 radical (unpaired) electrons. The molecule has 0 unspecified atom stereocenters. The van der Waals surface area contributed by atoms with E-state index in [1.54, 1.807) is 4.68 Å². The first kappa shape index (κ1) is 17.6. The van der Waals surface area contributed by atoms with Gasteiger partial charge in [0.25, 0.3) is 5.88 Å². The number of nitriles is 1. The molecule has 0 aliphatic carbocycles. The van der Waals surface area contributed by atoms with Gasteiger partial charge in [0.2, 0.25) is 0 Å². The first-order chi connectivity index (χ1) is 13.7. The fourth-order valence-electron chi connectivity index (χ4n) is 3.29. The van der Waals surface area contributed by atoms with E-state index in [0.29, 0.717) is 19.0 Å². The van der Waals surface area contributed by atoms with E-state index in [1.165, 1.54) is 0 Å². The highest BCUT2D eigenvalue weighted by Crippen LogP contribution is 2.26. The van der Waals surface area contributed by atoms with Crippen LogP contribution >= 0.6 is 0 Å². The standard InChI is InChI=1S/C23H20N4O/c1-16-7-2-3-9-19(16)15-28-23-21(13-24)22(25)27(26-23)14-18-11-6-10-17-8-4-5-12-20(17)18/h2-12H,14-15,25H2,1H3. The molecule has 5 heteroatoms. The SMILES string of the molecule is Cc1ccccc1COc1nn(Cc2cccc3ccccc23)c(N)c1C#N. The van der Waals surface area contributed by atoms with Crippen molar-refractivity contribution in [1.82, 2.24) is 9.78 Å². The molecule has 1 heterocycles. The van der Waals surface area contributed by atoms with Crippen molar-refractivity contribution in [3.8, 4) is 11.9 Å². The summed E-state index contributed by atoms with van der Waals surface area (Å²) < 4.78 is 7.48. The van der Waals surface area contributed by atoms with Crippen LogP contribution in [-0.4, -0.2) is 9.78 Å². The van der Waals surface area contributed by atoms with Gasteiger partial charge < -0.3 is 10.5 Å². The average Bonchev–Trinajstić information content (AvgIpc) is 3.02. The van der Waals surface area contributed by atoms with E-state index in [2.05, 4.69) is 29.4 Å². The highest BCUT2D eigenvalue weighted by atomic mass is 16.5. The third-order valence-corrected chi connectivity index (χ3v) is 4.90. The molecular weight excluding hydrogens is 348 g/mol. The van der Waals surface area contributed by atoms with Crippen LogP contribution in [-0.2, 0) is 13.2 Å². The molecule has 0 amide bonds. The van der Waals surface area contributed by atoms with E-state index in [4.69, 9.17) is 10.5 Å². The van der Waals surface area contributed by atoms with Gasteiger partial charge in [-0.2, -0.15) is 5.26 Å². The molecule has 28 heavy (non-hydrogen) atoms. The first-order valence-electron chi connectivity index (χ1n) is 9.07. The van der Waals surface area contributed by atoms with Crippen molar-refractivity contribution < 1.29 is 4.74 Å². The highest BCUT2D eigenvalue weighted by molar-refractivity contribution is 5.85. The molecule has 0 saturated heterocycles. The Morgan fingerprint density at radius 2 is 1.71 bits per heavy atom. The highest BCUT2D eigenvalue weighted by Gasteiger charge is 2.18. The van der Waals surface area contributed by atoms with Gasteiger partial charge in [-0.3, -0.25) is 0 Å². The van der Waals surface area contributed by atoms with Crippen molar-refractivity contribution in [2.24, 2.45) is 0 Å². The molecule has 138 valence electrons. The number of fused-ring (bicyclic) bond motifs is 1. The lowest BCUT2D eigenvalue weighted by Crippen LogP contribution is -2.07. The number of hydrogen-bond donors (Lipinski definition) is 1. The minimum atomic E-state index is 0.267. The number of nitrogens with zero attached hydrogens (tertiary/aromatic N) is 3. The molecule has 1 aromatic heterocycles. The fraction of sp³-hybridized carbons (Fsp3) is 0.130. The monoisotopic (exact) mass is 368 g/mol. The number of ether oxygens (including phenoxy) is 1. The second-order valence-corrected chi connectivity index (χ2v) is 6.69. The van der Waals surface area contributed by atoms with E-state index < -0.39 is 0 Å². The summed E-state index contributed by atoms with van der Waals surface area (Å²) in [7, 11) is 0. The van der Waals surface area contributed by atoms with Crippen molar-refractivity contribution in [1.29, 1.82) is 5.26 Å². The van der Waals surface area contributed by atoms with Gasteiger partial charge in [-0.25, -0.2) is 4.68 Å². The predicted molar refractivity (Wildman–Crippen MR) is 110 cm³/mol. The van der Waals surface area contributed by atoms with Gasteiger partial charge in [-0.1, -0.05) is 66.7 Å². The number of aromatic nitrogens is 2. The third kappa shape index (κ3) is 3.28. The van der Waals surface area contributed by atoms with E-state index in [-0.39, 0.29) is 11.4 Å². The van der Waals surface area contributed by atoms with Crippen molar-refractivity contribution in [2.45, 2.75) is 20.1 Å². The molecule has 0 bridgehead atoms. The van der Waals surface area contributed by atoms with Gasteiger partial charge in [0.15, 0.2) is 5.56 Å². The maximum absolute atomic E-state index is 9.54. The molecule has 0 saturated carbocycles. The van der Waals surface area contributed by atoms with E-state index in [0.717, 1.165) is 27.5 Å². The minimum absolute atomic E-state index is 0.267. The zero-order valence-electron chi connectivity index (χ0n) is 15.6. The maximum Gasteiger partial charge on any atom is 0.253 e. The molecule has 3 aromatic carbocycles. The Morgan fingerprint density at radius 1 is 1.00 bits per heavy atom. The maximum atomic E-state index is 9.54. The smallest absolute Gasteiger partial charge is 0.253 e. The number of nitrogens with two attached hydrogens (primary N) is 1. The van der Waals surface area contributed by atoms with Crippen molar-refractivity contribution >= 4 is 16.6 Å². The second-order valence-electron chi connectivity index (χ2n) is 6.69. The van der Waals surface area contributed by atoms with Gasteiger partial charge in [0.05, 0.1) is 6.54 Å². The Kier molecular flexibility index (Phi) is 4.69. The van der Waals surface area contributed by atoms with Crippen LogP contribution in [0.15, 0.2) is 66.7 Å². The lowest BCUT2D eigenvalue weighted by molar-refractivity contribution is 0.288. The van der Waals surface area contributed by atoms with E-state index in [1.807, 2.05) is 55.5 Å². The topological polar surface area (TPSA) is 76.9 Å². The van der Waals surface area contributed by atoms with Crippen LogP contribution in [0.25, 0.3) is 10.8 Å². The zero-order chi connectivity index (χ0) is 19.5. The number of anilines is 1. The summed E-state index contributed by atoms with van der Waals surface area (Å²) in [5.41, 5.74) is 9.74. The lowest BCUT2D eigenvalue weighted by Gasteiger charge is -2.08. The Balaban J connectivity index is 1.64. The third-order valence-electron chi connectivity index (χ3n) is 4.90. The molecule has 0 atom stereocenters. The van der Waals surface area contributed by atoms with Crippen LogP contribution in [0.3, 0.4) is 0 Å². The van der Waals surface area contributed by atoms with Crippen LogP contribution in [0.5, 0.6) is 5.88 Å². The lowest BCUT2D eigenvalue weighted by atomic mass is 10.0. The van der Waals surface area contributed by atoms with Crippen LogP contribution in [0, 0.1) is 18.3 Å². The zero-order valence-corrected chi connectivity index (χ0v) is 15.6. The van der Waals surface area contributed by atoms with Crippen molar-refractivity contribution in [3.05, 3.63) is 89.0 Å². The average molecular weight is 368 g/mol. The van der Waals surface area contributed by atoms with Gasteiger partial charge in [-0.15, -0.1) is 5.10 Å². The van der Waals surface area contributed by atoms with E-state index >= 15 is 0 Å². The fourth-order valence-corrected chi connectivity index (χ4v) is 3.29. The van der Waals surface area contributed by atoms with Gasteiger partial charge in [0.1, 0.15) is 18.5 Å². The summed E-state index contributed by atoms with van der Waals surface area (Å²) >= 11 is 0. The molecule has 5 nitrogen and oxygen atoms in total. The predicted octanol–water partition coefficient (Wildman–Crippen LogP) is 4.43. The summed E-state index contributed by atoms with van der Waals surface area (Å²) in [6.45, 7) is 2.83. The van der Waals surface area contributed by atoms with Crippen LogP contribution in [0.4, 0.5) is 5.82 Å². The minimum Gasteiger partial charge on any atom is -0.471 e. The molecular formula is C23H20N4O. The molecule has 0 fully saturated rings. The summed E-state index contributed by atoms with van der Waals surface area (Å²) in [6, 6.07) is 24.4. The Morgan fingerprint density at radius 3 is 2.54 bits per heavy atom. The molecule has 4 rings (SSSR count). The second kappa shape index (κ2) is 7.45. The summed E-state index contributed by atoms with van der Waals surface area (Å²) in [4.78, 5) is 0. The quantitative estimate of drug-likeness (QED) is 0.565. The van der Waals surface area contributed by atoms with Gasteiger partial charge >= 0.3 is 0 Å². The Bertz CT molecular complexity index is 1180. The summed E-state index contributed by atoms with van der Waals surface area (Å²) in [5.74, 6) is 0.582. The van der Waals surface area contributed by atoms with Crippen LogP contribution in [0.1, 0.15) is 22.3 Å². The molecule has 4 aromatic rings. The normalized spacial score (nSPS) is 10.7. The van der Waals surface area contributed by atoms with Gasteiger partial charge in [0, 0.05) is 0 Å². The van der Waals surface area contributed by atoms with E-state index in [9.17, 15) is 5.26 Å². The molecule has 0 spiro atoms. The summed E-state index contributed by atoms with van der Waals surface area (Å²) in [5, 5.41) is 16.3. The number of benzene rings is 3. The molecule has 2 N–H and O–H groups in total. The Labute approximate surface area is 163 Å². The number of aryl methyl sites for hydroxylation is 1. The largest absolute Gasteiger partial charge is 0.471 e. The number of hydrogen-bond acceptors (Lipinski definition) is 4. The van der Waals surface area contributed by atoms with Crippen LogP contribution < -0.4 is 10.5 Å². The number of rotatable bonds is 5.